The second kappa shape index (κ2) is 32.8. The van der Waals surface area contributed by atoms with Gasteiger partial charge in [-0.05, 0) is 66.3 Å². The molecule has 0 radical (unpaired) electrons. The first-order valence-electron chi connectivity index (χ1n) is 35.2. The Morgan fingerprint density at radius 2 is 0.705 bits per heavy atom. The van der Waals surface area contributed by atoms with Crippen molar-refractivity contribution in [3.05, 3.63) is 107 Å². The standard InChI is InChI=1S/C16H22N4O.C15H22N4O2S.C14H18N4O2.C13H17ClN4O2S.C13H18N4O3S/c1-11(2)13-8-15-14(10-17-18-15)16(9-13)20-6-4-19(5-7-20)12(3)21;1-11(2)12-8-14-13(10-16-17-14)15(9-12)18-4-6-19(7-5-18)22(3,20)21;1-10(19)17-3-5-18(6-4-17)14-8-11(20-2)7-13-12(14)9-15-16-13;1-9-13-11(16-15-9)7-10(14)8-12(13)17-3-5-18(6-4-17)21(2,19)20;1-20-10-7-12-11(9-14-15-12)13(8-10)16-3-5-17(6-4-16)21(2,18)19/h8-11H,4-7H2,1-3H3,(H,17,18);8-11H,4-7H2,1-3H3,(H,16,17);7-9H,3-6H2,1-2H3,(H,15,16);7-8H,3-6H2,1-2H3,(H,15,16);7-9H,3-6H2,1-2H3,(H,14,15). The second-order valence-electron chi connectivity index (χ2n) is 27.6. The van der Waals surface area contributed by atoms with Crippen molar-refractivity contribution < 1.29 is 44.3 Å². The number of nitrogens with one attached hydrogen (secondary N) is 5. The van der Waals surface area contributed by atoms with Crippen LogP contribution in [0.4, 0.5) is 28.4 Å². The predicted molar refractivity (Wildman–Crippen MR) is 416 cm³/mol. The average Bonchev–Trinajstić information content (AvgIpc) is 1.74. The van der Waals surface area contributed by atoms with E-state index < -0.39 is 30.1 Å². The van der Waals surface area contributed by atoms with E-state index in [0.29, 0.717) is 95.4 Å². The van der Waals surface area contributed by atoms with E-state index in [0.717, 1.165) is 147 Å². The molecule has 5 aromatic heterocycles. The lowest BCUT2D eigenvalue weighted by Crippen LogP contribution is -2.48. The summed E-state index contributed by atoms with van der Waals surface area (Å²) in [6.45, 7) is 27.5. The molecule has 10 heterocycles. The Hall–Kier alpha value is -8.99. The van der Waals surface area contributed by atoms with Gasteiger partial charge in [0.05, 0.1) is 96.7 Å². The van der Waals surface area contributed by atoms with Crippen LogP contribution >= 0.6 is 11.6 Å². The molecular formula is C71H97ClN20O10S3. The normalized spacial score (nSPS) is 16.8. The van der Waals surface area contributed by atoms with Crippen LogP contribution in [0.5, 0.6) is 11.5 Å². The van der Waals surface area contributed by atoms with E-state index in [2.05, 4.69) is 127 Å². The zero-order valence-electron chi connectivity index (χ0n) is 61.8. The number of benzene rings is 5. The zero-order chi connectivity index (χ0) is 75.2. The highest BCUT2D eigenvalue weighted by Crippen LogP contribution is 2.37. The van der Waals surface area contributed by atoms with Crippen LogP contribution in [0.1, 0.15) is 70.2 Å². The molecule has 30 nitrogen and oxygen atoms in total. The van der Waals surface area contributed by atoms with Gasteiger partial charge in [0.1, 0.15) is 11.5 Å². The molecule has 34 heteroatoms. The Labute approximate surface area is 618 Å². The Kier molecular flexibility index (Phi) is 24.1. The molecule has 15 rings (SSSR count). The Bertz CT molecular complexity index is 5040. The van der Waals surface area contributed by atoms with Crippen molar-refractivity contribution >= 4 is 136 Å². The van der Waals surface area contributed by atoms with Gasteiger partial charge in [-0.1, -0.05) is 39.3 Å². The number of methoxy groups -OCH3 is 2. The van der Waals surface area contributed by atoms with Crippen LogP contribution in [0, 0.1) is 6.92 Å². The fraction of sp³-hybridized carbons (Fsp3) is 0.479. The molecule has 0 bridgehead atoms. The molecule has 5 aliphatic heterocycles. The fourth-order valence-electron chi connectivity index (χ4n) is 13.9. The smallest absolute Gasteiger partial charge is 0.219 e. The number of hydrogen-bond acceptors (Lipinski definition) is 20. The number of piperazine rings is 5. The summed E-state index contributed by atoms with van der Waals surface area (Å²) in [5, 5.41) is 41.8. The van der Waals surface area contributed by atoms with Crippen LogP contribution < -0.4 is 34.0 Å². The monoisotopic (exact) mass is 1520 g/mol. The lowest BCUT2D eigenvalue weighted by atomic mass is 10.00. The SMILES string of the molecule is CC(=O)N1CCN(c2cc(C(C)C)cc3[nH]ncc23)CC1.CC(C)c1cc(N2CCN(S(C)(=O)=O)CC2)c2cn[nH]c2c1.COc1cc(N2CCN(C(C)=O)CC2)c2cn[nH]c2c1.COc1cc(N2CCN(S(C)(=O)=O)CC2)c2cn[nH]c2c1.Cc1[nH]nc2cc(Cl)cc(N3CCN(S(C)(=O)=O)CC3)c12. The highest BCUT2D eigenvalue weighted by atomic mass is 35.5. The number of rotatable bonds is 12. The molecule has 0 saturated carbocycles. The van der Waals surface area contributed by atoms with Crippen LogP contribution in [-0.2, 0) is 39.7 Å². The van der Waals surface area contributed by atoms with Gasteiger partial charge < -0.3 is 43.8 Å². The van der Waals surface area contributed by atoms with Gasteiger partial charge in [0.2, 0.25) is 41.9 Å². The number of H-pyrrole nitrogens is 5. The highest BCUT2D eigenvalue weighted by molar-refractivity contribution is 7.88. The van der Waals surface area contributed by atoms with E-state index in [9.17, 15) is 34.8 Å². The summed E-state index contributed by atoms with van der Waals surface area (Å²) in [7, 11) is -6.04. The van der Waals surface area contributed by atoms with Gasteiger partial charge in [0.25, 0.3) is 0 Å². The summed E-state index contributed by atoms with van der Waals surface area (Å²) in [6, 6.07) is 20.4. The van der Waals surface area contributed by atoms with Gasteiger partial charge in [0, 0.05) is 224 Å². The lowest BCUT2D eigenvalue weighted by Gasteiger charge is -2.36. The first kappa shape index (κ1) is 77.1. The van der Waals surface area contributed by atoms with Gasteiger partial charge >= 0.3 is 0 Å². The lowest BCUT2D eigenvalue weighted by molar-refractivity contribution is -0.129. The summed E-state index contributed by atoms with van der Waals surface area (Å²) in [6.07, 6.45) is 11.1. The molecule has 105 heavy (non-hydrogen) atoms. The number of halogens is 1. The molecule has 5 aromatic carbocycles. The van der Waals surface area contributed by atoms with E-state index in [4.69, 9.17) is 21.1 Å². The minimum Gasteiger partial charge on any atom is -0.497 e. The topological polar surface area (TPSA) is 331 Å². The van der Waals surface area contributed by atoms with Gasteiger partial charge in [-0.15, -0.1) is 0 Å². The molecular weight excluding hydrogens is 1420 g/mol. The number of hydrogen-bond donors (Lipinski definition) is 5. The number of amides is 2. The van der Waals surface area contributed by atoms with Crippen LogP contribution in [0.25, 0.3) is 54.5 Å². The summed E-state index contributed by atoms with van der Waals surface area (Å²) in [5.74, 6) is 2.79. The van der Waals surface area contributed by atoms with Crippen LogP contribution in [0.15, 0.2) is 85.5 Å². The third kappa shape index (κ3) is 18.3. The van der Waals surface area contributed by atoms with Crippen LogP contribution in [0.2, 0.25) is 5.02 Å². The molecule has 0 unspecified atom stereocenters. The Morgan fingerprint density at radius 3 is 1.00 bits per heavy atom. The van der Waals surface area contributed by atoms with E-state index in [1.54, 1.807) is 38.6 Å². The molecule has 566 valence electrons. The fourth-order valence-corrected chi connectivity index (χ4v) is 16.6. The summed E-state index contributed by atoms with van der Waals surface area (Å²) >= 11 is 6.17. The molecule has 10 aromatic rings. The number of carbonyl (C=O) groups is 2. The van der Waals surface area contributed by atoms with E-state index in [1.165, 1.54) is 44.2 Å². The number of fused-ring (bicyclic) bond motifs is 5. The number of nitrogens with zero attached hydrogens (tertiary/aromatic N) is 15. The van der Waals surface area contributed by atoms with Gasteiger partial charge in [-0.25, -0.2) is 25.3 Å². The van der Waals surface area contributed by atoms with E-state index >= 15 is 0 Å². The maximum absolute atomic E-state index is 11.6. The van der Waals surface area contributed by atoms with Crippen molar-refractivity contribution in [1.29, 1.82) is 0 Å². The number of aromatic amines is 5. The number of aryl methyl sites for hydroxylation is 1. The second-order valence-corrected chi connectivity index (χ2v) is 34.0. The van der Waals surface area contributed by atoms with Crippen molar-refractivity contribution in [2.45, 2.75) is 60.3 Å². The number of ether oxygens (including phenoxy) is 2. The third-order valence-corrected chi connectivity index (χ3v) is 24.1. The highest BCUT2D eigenvalue weighted by Gasteiger charge is 2.30. The Morgan fingerprint density at radius 1 is 0.410 bits per heavy atom. The van der Waals surface area contributed by atoms with E-state index in [-0.39, 0.29) is 11.8 Å². The number of anilines is 5. The predicted octanol–water partition coefficient (Wildman–Crippen LogP) is 7.62. The number of carbonyl (C=O) groups excluding carboxylic acids is 2. The molecule has 5 aliphatic rings. The van der Waals surface area contributed by atoms with Crippen LogP contribution in [-0.4, -0.2) is 275 Å². The minimum absolute atomic E-state index is 0.142. The van der Waals surface area contributed by atoms with Crippen molar-refractivity contribution in [1.82, 2.24) is 73.7 Å². The van der Waals surface area contributed by atoms with Gasteiger partial charge in [-0.3, -0.25) is 35.1 Å². The van der Waals surface area contributed by atoms with Crippen LogP contribution in [0.3, 0.4) is 0 Å². The third-order valence-electron chi connectivity index (χ3n) is 20.0. The molecule has 2 amide bonds. The molecule has 5 fully saturated rings. The Balaban J connectivity index is 0.000000131. The first-order valence-corrected chi connectivity index (χ1v) is 41.1. The van der Waals surface area contributed by atoms with Gasteiger partial charge in [-0.2, -0.15) is 38.4 Å². The average molecular weight is 1520 g/mol. The summed E-state index contributed by atoms with van der Waals surface area (Å²) in [5.41, 5.74) is 13.9. The van der Waals surface area contributed by atoms with Crippen molar-refractivity contribution in [2.75, 3.05) is 188 Å². The zero-order valence-corrected chi connectivity index (χ0v) is 65.0. The number of aromatic nitrogens is 10. The molecule has 0 atom stereocenters. The molecule has 0 spiro atoms. The van der Waals surface area contributed by atoms with Gasteiger partial charge in [0.15, 0.2) is 0 Å². The maximum Gasteiger partial charge on any atom is 0.219 e. The summed E-state index contributed by atoms with van der Waals surface area (Å²) < 4.78 is 84.8. The molecule has 5 saturated heterocycles. The molecule has 0 aliphatic carbocycles. The maximum atomic E-state index is 11.6. The first-order chi connectivity index (χ1) is 49.9. The van der Waals surface area contributed by atoms with Crippen molar-refractivity contribution in [3.8, 4) is 11.5 Å². The molecule has 5 N–H and O–H groups in total. The summed E-state index contributed by atoms with van der Waals surface area (Å²) in [4.78, 5) is 37.9. The largest absolute Gasteiger partial charge is 0.497 e. The van der Waals surface area contributed by atoms with E-state index in [1.807, 2.05) is 71.7 Å². The van der Waals surface area contributed by atoms with Crippen molar-refractivity contribution in [2.24, 2.45) is 0 Å². The van der Waals surface area contributed by atoms with Crippen molar-refractivity contribution in [3.63, 3.8) is 0 Å². The quantitative estimate of drug-likeness (QED) is 0.0785. The number of sulfonamides is 3. The minimum atomic E-state index is -3.12.